The predicted octanol–water partition coefficient (Wildman–Crippen LogP) is 3.66. The van der Waals surface area contributed by atoms with Gasteiger partial charge in [0, 0.05) is 28.7 Å². The number of rotatable bonds is 3. The van der Waals surface area contributed by atoms with Gasteiger partial charge < -0.3 is 9.94 Å². The average molecular weight is 394 g/mol. The molecule has 0 N–H and O–H groups in total. The molecule has 2 aromatic carbocycles. The van der Waals surface area contributed by atoms with Crippen molar-refractivity contribution in [3.8, 4) is 0 Å². The average Bonchev–Trinajstić information content (AvgIpc) is 2.61. The molecule has 0 spiro atoms. The van der Waals surface area contributed by atoms with E-state index in [1.807, 2.05) is 0 Å². The number of carbonyl (C=O) groups is 1. The molecule has 1 heterocycles. The fraction of sp³-hybridized carbons (Fsp3) is 0.0625. The molecule has 3 rings (SSSR count). The molecule has 3 aromatic rings. The van der Waals surface area contributed by atoms with Crippen LogP contribution in [0.15, 0.2) is 36.4 Å². The van der Waals surface area contributed by atoms with Gasteiger partial charge in [0.15, 0.2) is 0 Å². The highest BCUT2D eigenvalue weighted by Crippen LogP contribution is 2.27. The standard InChI is InChI=1S/C16H9Cl2N3O5/c1-8-15(16(22)9-2-4-10(5-3-9)21(25)26)20(24)14-7-12(18)11(17)6-13(14)19(8)23/h2-7H,1H3. The molecule has 0 saturated heterocycles. The van der Waals surface area contributed by atoms with Crippen molar-refractivity contribution in [2.45, 2.75) is 6.92 Å². The maximum Gasteiger partial charge on any atom is 0.329 e. The fourth-order valence-electron chi connectivity index (χ4n) is 2.52. The zero-order valence-electron chi connectivity index (χ0n) is 13.1. The number of benzene rings is 2. The third-order valence-electron chi connectivity index (χ3n) is 3.86. The smallest absolute Gasteiger partial charge is 0.329 e. The quantitative estimate of drug-likeness (QED) is 0.291. The van der Waals surface area contributed by atoms with Gasteiger partial charge >= 0.3 is 5.69 Å². The van der Waals surface area contributed by atoms with E-state index in [9.17, 15) is 25.0 Å². The summed E-state index contributed by atoms with van der Waals surface area (Å²) in [6.07, 6.45) is 0. The predicted molar refractivity (Wildman–Crippen MR) is 95.4 cm³/mol. The van der Waals surface area contributed by atoms with E-state index in [-0.39, 0.29) is 38.0 Å². The van der Waals surface area contributed by atoms with Crippen LogP contribution < -0.4 is 4.43 Å². The van der Waals surface area contributed by atoms with Crippen LogP contribution in [-0.2, 0) is 0 Å². The lowest BCUT2D eigenvalue weighted by atomic mass is 10.1. The first-order valence-corrected chi connectivity index (χ1v) is 7.91. The zero-order chi connectivity index (χ0) is 19.2. The van der Waals surface area contributed by atoms with Crippen molar-refractivity contribution in [3.05, 3.63) is 83.6 Å². The number of ketones is 1. The number of carbonyl (C=O) groups excluding carboxylic acids is 1. The zero-order valence-corrected chi connectivity index (χ0v) is 14.6. The highest BCUT2D eigenvalue weighted by Gasteiger charge is 2.29. The molecule has 0 aliphatic carbocycles. The number of aromatic nitrogens is 2. The number of nitrogens with zero attached hydrogens (tertiary/aromatic N) is 3. The van der Waals surface area contributed by atoms with Crippen LogP contribution in [0.1, 0.15) is 21.7 Å². The number of non-ortho nitro benzene ring substituents is 1. The molecule has 132 valence electrons. The molecule has 0 atom stereocenters. The van der Waals surface area contributed by atoms with Gasteiger partial charge in [-0.25, -0.2) is 0 Å². The summed E-state index contributed by atoms with van der Waals surface area (Å²) in [7, 11) is 0. The molecule has 10 heteroatoms. The van der Waals surface area contributed by atoms with E-state index < -0.39 is 16.4 Å². The van der Waals surface area contributed by atoms with Crippen molar-refractivity contribution >= 4 is 45.7 Å². The Hall–Kier alpha value is -2.97. The highest BCUT2D eigenvalue weighted by molar-refractivity contribution is 6.42. The van der Waals surface area contributed by atoms with Crippen LogP contribution in [0, 0.1) is 27.2 Å². The third kappa shape index (κ3) is 2.79. The molecule has 8 nitrogen and oxygen atoms in total. The van der Waals surface area contributed by atoms with E-state index in [2.05, 4.69) is 0 Å². The summed E-state index contributed by atoms with van der Waals surface area (Å²) in [6.45, 7) is 1.32. The fourth-order valence-corrected chi connectivity index (χ4v) is 2.84. The molecule has 26 heavy (non-hydrogen) atoms. The van der Waals surface area contributed by atoms with E-state index >= 15 is 0 Å². The van der Waals surface area contributed by atoms with Gasteiger partial charge in [-0.3, -0.25) is 14.9 Å². The lowest BCUT2D eigenvalue weighted by Crippen LogP contribution is -2.30. The summed E-state index contributed by atoms with van der Waals surface area (Å²) in [6, 6.07) is 7.16. The van der Waals surface area contributed by atoms with Crippen molar-refractivity contribution < 1.29 is 14.1 Å². The molecule has 0 saturated carbocycles. The number of hydrogen-bond acceptors (Lipinski definition) is 5. The van der Waals surface area contributed by atoms with E-state index in [0.29, 0.717) is 9.16 Å². The normalized spacial score (nSPS) is 10.9. The van der Waals surface area contributed by atoms with Gasteiger partial charge in [-0.1, -0.05) is 23.2 Å². The first-order chi connectivity index (χ1) is 12.2. The van der Waals surface area contributed by atoms with Crippen molar-refractivity contribution in [1.29, 1.82) is 0 Å². The van der Waals surface area contributed by atoms with Crippen molar-refractivity contribution in [3.63, 3.8) is 0 Å². The molecule has 1 aromatic heterocycles. The summed E-state index contributed by atoms with van der Waals surface area (Å²) >= 11 is 11.8. The lowest BCUT2D eigenvalue weighted by Gasteiger charge is -2.16. The summed E-state index contributed by atoms with van der Waals surface area (Å²) in [5.74, 6) is -0.745. The second-order valence-corrected chi connectivity index (χ2v) is 6.23. The topological polar surface area (TPSA) is 111 Å². The van der Waals surface area contributed by atoms with E-state index in [4.69, 9.17) is 23.2 Å². The Morgan fingerprint density at radius 2 is 1.73 bits per heavy atom. The summed E-state index contributed by atoms with van der Waals surface area (Å²) < 4.78 is 0.732. The maximum atomic E-state index is 12.7. The molecule has 0 bridgehead atoms. The van der Waals surface area contributed by atoms with Gasteiger partial charge in [0.05, 0.1) is 25.1 Å². The van der Waals surface area contributed by atoms with Gasteiger partial charge in [-0.15, -0.1) is 0 Å². The van der Waals surface area contributed by atoms with Gasteiger partial charge in [0.1, 0.15) is 5.52 Å². The minimum atomic E-state index is -0.745. The van der Waals surface area contributed by atoms with Crippen molar-refractivity contribution in [2.24, 2.45) is 0 Å². The highest BCUT2D eigenvalue weighted by atomic mass is 35.5. The van der Waals surface area contributed by atoms with E-state index in [1.54, 1.807) is 0 Å². The summed E-state index contributed by atoms with van der Waals surface area (Å²) in [5.41, 5.74) is -0.860. The second kappa shape index (κ2) is 6.40. The summed E-state index contributed by atoms with van der Waals surface area (Å²) in [5, 5.41) is 23.3. The van der Waals surface area contributed by atoms with Gasteiger partial charge in [0.2, 0.25) is 0 Å². The van der Waals surface area contributed by atoms with E-state index in [0.717, 1.165) is 12.1 Å². The van der Waals surface area contributed by atoms with Crippen LogP contribution in [0.4, 0.5) is 5.69 Å². The number of nitro benzene ring substituents is 1. The van der Waals surface area contributed by atoms with Crippen LogP contribution in [0.3, 0.4) is 0 Å². The van der Waals surface area contributed by atoms with Crippen molar-refractivity contribution in [1.82, 2.24) is 4.73 Å². The lowest BCUT2D eigenvalue weighted by molar-refractivity contribution is -0.468. The number of hydrogen-bond donors (Lipinski definition) is 0. The Morgan fingerprint density at radius 3 is 2.31 bits per heavy atom. The number of nitro groups is 1. The first-order valence-electron chi connectivity index (χ1n) is 7.16. The number of fused-ring (bicyclic) bond motifs is 1. The largest absolute Gasteiger partial charge is 0.805 e. The Labute approximate surface area is 155 Å². The van der Waals surface area contributed by atoms with Crippen LogP contribution in [0.2, 0.25) is 10.0 Å². The summed E-state index contributed by atoms with van der Waals surface area (Å²) in [4.78, 5) is 35.5. The molecule has 0 amide bonds. The van der Waals surface area contributed by atoms with Crippen molar-refractivity contribution in [2.75, 3.05) is 0 Å². The Morgan fingerprint density at radius 1 is 1.15 bits per heavy atom. The van der Waals surface area contributed by atoms with E-state index in [1.165, 1.54) is 31.2 Å². The first kappa shape index (κ1) is 17.8. The van der Waals surface area contributed by atoms with Crippen LogP contribution in [0.25, 0.3) is 11.0 Å². The number of halogens is 2. The molecule has 0 unspecified atom stereocenters. The molecule has 0 aliphatic rings. The van der Waals surface area contributed by atoms with Crippen LogP contribution in [-0.4, -0.2) is 15.4 Å². The van der Waals surface area contributed by atoms with Crippen LogP contribution >= 0.6 is 23.2 Å². The van der Waals surface area contributed by atoms with Gasteiger partial charge in [-0.2, -0.15) is 0 Å². The second-order valence-electron chi connectivity index (χ2n) is 5.41. The molecule has 0 fully saturated rings. The molecule has 0 aliphatic heterocycles. The SMILES string of the molecule is Cc1c(C(=O)c2ccc([N+](=O)[O-])cc2)[n+](=O)c2cc(Cl)c(Cl)cc2n1[O-]. The Kier molecular flexibility index (Phi) is 4.39. The third-order valence-corrected chi connectivity index (χ3v) is 4.58. The minimum Gasteiger partial charge on any atom is -0.805 e. The molecular weight excluding hydrogens is 385 g/mol. The molecular formula is C16H9Cl2N3O5. The maximum absolute atomic E-state index is 12.7. The Bertz CT molecular complexity index is 1140. The Balaban J connectivity index is 2.24. The molecule has 0 radical (unpaired) electrons. The van der Waals surface area contributed by atoms with Gasteiger partial charge in [-0.05, 0) is 25.1 Å². The minimum absolute atomic E-state index is 0.0303. The van der Waals surface area contributed by atoms with Gasteiger partial charge in [0.25, 0.3) is 17.0 Å². The van der Waals surface area contributed by atoms with Crippen LogP contribution in [0.5, 0.6) is 0 Å². The monoisotopic (exact) mass is 393 g/mol.